The van der Waals surface area contributed by atoms with Crippen molar-refractivity contribution in [3.63, 3.8) is 0 Å². The van der Waals surface area contributed by atoms with Gasteiger partial charge >= 0.3 is 4.87 Å². The van der Waals surface area contributed by atoms with Gasteiger partial charge in [-0.15, -0.1) is 11.8 Å². The van der Waals surface area contributed by atoms with Crippen molar-refractivity contribution in [1.82, 2.24) is 9.88 Å². The lowest BCUT2D eigenvalue weighted by atomic mass is 9.68. The summed E-state index contributed by atoms with van der Waals surface area (Å²) in [4.78, 5) is 60.0. The van der Waals surface area contributed by atoms with Crippen LogP contribution in [-0.4, -0.2) is 65.8 Å². The zero-order valence-corrected chi connectivity index (χ0v) is 24.3. The summed E-state index contributed by atoms with van der Waals surface area (Å²) in [5, 5.41) is 0.977. The molecule has 4 unspecified atom stereocenters. The van der Waals surface area contributed by atoms with Crippen molar-refractivity contribution in [3.8, 4) is 5.75 Å². The highest BCUT2D eigenvalue weighted by Crippen LogP contribution is 2.68. The number of aromatic amines is 1. The van der Waals surface area contributed by atoms with Gasteiger partial charge in [0.2, 0.25) is 11.8 Å². The minimum Gasteiger partial charge on any atom is -0.484 e. The Morgan fingerprint density at radius 1 is 0.976 bits per heavy atom. The van der Waals surface area contributed by atoms with E-state index < -0.39 is 0 Å². The molecule has 9 nitrogen and oxygen atoms in total. The van der Waals surface area contributed by atoms with Gasteiger partial charge in [-0.25, -0.2) is 0 Å². The summed E-state index contributed by atoms with van der Waals surface area (Å²) in [6.07, 6.45) is 0.831. The SMILES string of the molecule is O=C(COc1cccc([C@H]2c3sc(=O)[nH]c3SC3C2[C@H]2C[C@@H]3C3C(=O)N(c4ccccc4)C(=O)C32)c1)N1CCOCC1. The van der Waals surface area contributed by atoms with Crippen LogP contribution in [0.15, 0.2) is 64.4 Å². The van der Waals surface area contributed by atoms with Gasteiger partial charge in [0.15, 0.2) is 6.61 Å². The van der Waals surface area contributed by atoms with Crippen LogP contribution in [0.1, 0.15) is 22.8 Å². The van der Waals surface area contributed by atoms with Gasteiger partial charge in [0, 0.05) is 29.1 Å². The molecule has 216 valence electrons. The maximum Gasteiger partial charge on any atom is 0.305 e. The third-order valence-corrected chi connectivity index (χ3v) is 12.3. The van der Waals surface area contributed by atoms with Crippen molar-refractivity contribution >= 4 is 46.5 Å². The number of hydrogen-bond acceptors (Lipinski definition) is 8. The number of anilines is 1. The Hall–Kier alpha value is -3.41. The number of nitrogens with zero attached hydrogens (tertiary/aromatic N) is 2. The molecule has 42 heavy (non-hydrogen) atoms. The fraction of sp³-hybridized carbons (Fsp3) is 0.419. The van der Waals surface area contributed by atoms with Crippen LogP contribution >= 0.6 is 23.1 Å². The molecule has 3 amide bonds. The van der Waals surface area contributed by atoms with E-state index >= 15 is 0 Å². The number of fused-ring (bicyclic) bond motifs is 9. The molecule has 2 aliphatic carbocycles. The predicted octanol–water partition coefficient (Wildman–Crippen LogP) is 3.35. The van der Waals surface area contributed by atoms with Crippen molar-refractivity contribution in [1.29, 1.82) is 0 Å². The van der Waals surface area contributed by atoms with Crippen LogP contribution in [0, 0.1) is 29.6 Å². The molecule has 2 saturated carbocycles. The molecule has 4 heterocycles. The van der Waals surface area contributed by atoms with Crippen LogP contribution < -0.4 is 14.5 Å². The summed E-state index contributed by atoms with van der Waals surface area (Å²) in [6, 6.07) is 17.0. The Bertz CT molecular complexity index is 1630. The van der Waals surface area contributed by atoms with Crippen molar-refractivity contribution in [3.05, 3.63) is 74.7 Å². The number of morpholine rings is 1. The predicted molar refractivity (Wildman–Crippen MR) is 157 cm³/mol. The average molecular weight is 604 g/mol. The molecule has 3 aromatic rings. The van der Waals surface area contributed by atoms with Crippen LogP contribution in [0.3, 0.4) is 0 Å². The molecule has 2 saturated heterocycles. The number of amides is 3. The Balaban J connectivity index is 1.11. The molecular weight excluding hydrogens is 574 g/mol. The number of thiazole rings is 1. The number of aromatic nitrogens is 1. The van der Waals surface area contributed by atoms with E-state index in [4.69, 9.17) is 9.47 Å². The smallest absolute Gasteiger partial charge is 0.305 e. The van der Waals surface area contributed by atoms with E-state index in [9.17, 15) is 19.2 Å². The fourth-order valence-electron chi connectivity index (χ4n) is 8.07. The average Bonchev–Trinajstić information content (AvgIpc) is 3.75. The lowest BCUT2D eigenvalue weighted by Crippen LogP contribution is -2.43. The fourth-order valence-corrected chi connectivity index (χ4v) is 11.0. The summed E-state index contributed by atoms with van der Waals surface area (Å²) < 4.78 is 11.3. The normalized spacial score (nSPS) is 31.2. The van der Waals surface area contributed by atoms with E-state index in [2.05, 4.69) is 4.98 Å². The van der Waals surface area contributed by atoms with Crippen molar-refractivity contribution < 1.29 is 23.9 Å². The van der Waals surface area contributed by atoms with Gasteiger partial charge in [0.25, 0.3) is 5.91 Å². The van der Waals surface area contributed by atoms with E-state index in [1.54, 1.807) is 16.7 Å². The lowest BCUT2D eigenvalue weighted by molar-refractivity contribution is -0.137. The highest BCUT2D eigenvalue weighted by molar-refractivity contribution is 8.00. The van der Waals surface area contributed by atoms with Crippen molar-refractivity contribution in [2.75, 3.05) is 37.8 Å². The van der Waals surface area contributed by atoms with Crippen LogP contribution in [0.5, 0.6) is 5.75 Å². The Morgan fingerprint density at radius 3 is 2.52 bits per heavy atom. The molecule has 0 spiro atoms. The molecule has 1 aromatic heterocycles. The van der Waals surface area contributed by atoms with E-state index in [1.807, 2.05) is 54.6 Å². The molecule has 8 rings (SSSR count). The van der Waals surface area contributed by atoms with Crippen LogP contribution in [0.2, 0.25) is 0 Å². The van der Waals surface area contributed by atoms with Crippen LogP contribution in [0.4, 0.5) is 5.69 Å². The summed E-state index contributed by atoms with van der Waals surface area (Å²) in [6.45, 7) is 2.14. The maximum atomic E-state index is 13.9. The van der Waals surface area contributed by atoms with Gasteiger partial charge in [-0.2, -0.15) is 0 Å². The molecular formula is C31H29N3O6S2. The quantitative estimate of drug-likeness (QED) is 0.446. The molecule has 0 radical (unpaired) electrons. The van der Waals surface area contributed by atoms with Gasteiger partial charge in [-0.1, -0.05) is 41.7 Å². The third-order valence-electron chi connectivity index (χ3n) is 9.68. The molecule has 7 atom stereocenters. The second-order valence-electron chi connectivity index (χ2n) is 11.7. The molecule has 3 aliphatic heterocycles. The Kier molecular flexibility index (Phi) is 6.31. The minimum absolute atomic E-state index is 0.0329. The van der Waals surface area contributed by atoms with Gasteiger partial charge < -0.3 is 19.4 Å². The summed E-state index contributed by atoms with van der Waals surface area (Å²) in [5.41, 5.74) is 1.63. The molecule has 2 bridgehead atoms. The zero-order valence-electron chi connectivity index (χ0n) is 22.6. The van der Waals surface area contributed by atoms with E-state index in [0.29, 0.717) is 37.7 Å². The number of benzene rings is 2. The molecule has 11 heteroatoms. The summed E-state index contributed by atoms with van der Waals surface area (Å²) in [5.74, 6) is -0.277. The van der Waals surface area contributed by atoms with E-state index in [1.165, 1.54) is 16.2 Å². The summed E-state index contributed by atoms with van der Waals surface area (Å²) in [7, 11) is 0. The second kappa shape index (κ2) is 10.1. The van der Waals surface area contributed by atoms with Gasteiger partial charge in [0.1, 0.15) is 5.75 Å². The number of ether oxygens (including phenoxy) is 2. The number of thioether (sulfide) groups is 1. The summed E-state index contributed by atoms with van der Waals surface area (Å²) >= 11 is 2.90. The number of para-hydroxylation sites is 1. The maximum absolute atomic E-state index is 13.9. The lowest BCUT2D eigenvalue weighted by Gasteiger charge is -2.43. The number of imide groups is 1. The van der Waals surface area contributed by atoms with E-state index in [0.717, 1.165) is 21.9 Å². The van der Waals surface area contributed by atoms with Crippen molar-refractivity contribution in [2.45, 2.75) is 22.6 Å². The zero-order chi connectivity index (χ0) is 28.5. The van der Waals surface area contributed by atoms with Gasteiger partial charge in [0.05, 0.1) is 35.8 Å². The van der Waals surface area contributed by atoms with Crippen LogP contribution in [-0.2, 0) is 19.1 Å². The third kappa shape index (κ3) is 4.00. The highest BCUT2D eigenvalue weighted by Gasteiger charge is 2.69. The van der Waals surface area contributed by atoms with Crippen molar-refractivity contribution in [2.24, 2.45) is 29.6 Å². The first-order valence-electron chi connectivity index (χ1n) is 14.4. The number of H-pyrrole nitrogens is 1. The first-order chi connectivity index (χ1) is 20.5. The first-order valence-corrected chi connectivity index (χ1v) is 16.1. The largest absolute Gasteiger partial charge is 0.484 e. The standard InChI is InChI=1S/C31H29N3O6S2/c35-21(33-9-11-39-12-10-33)15-40-18-8-4-5-16(13-18)22-23-19-14-20(26(23)41-28-27(22)42-31(38)32-28)25-24(19)29(36)34(30(25)37)17-6-2-1-3-7-17/h1-8,13,19-20,22-26H,9-12,14-15H2,(H,32,38)/t19-,20-,22-,23?,24?,25?,26?/m1/s1. The molecule has 4 fully saturated rings. The van der Waals surface area contributed by atoms with Crippen LogP contribution in [0.25, 0.3) is 0 Å². The minimum atomic E-state index is -0.352. The second-order valence-corrected chi connectivity index (χ2v) is 13.9. The highest BCUT2D eigenvalue weighted by atomic mass is 32.2. The number of hydrogen-bond donors (Lipinski definition) is 1. The topological polar surface area (TPSA) is 109 Å². The van der Waals surface area contributed by atoms with Gasteiger partial charge in [-0.05, 0) is 54.0 Å². The van der Waals surface area contributed by atoms with Gasteiger partial charge in [-0.3, -0.25) is 24.1 Å². The van der Waals surface area contributed by atoms with E-state index in [-0.39, 0.29) is 70.0 Å². The molecule has 5 aliphatic rings. The Morgan fingerprint density at radius 2 is 1.74 bits per heavy atom. The number of rotatable bonds is 5. The number of carbonyl (C=O) groups excluding carboxylic acids is 3. The monoisotopic (exact) mass is 603 g/mol. The Labute approximate surface area is 250 Å². The number of nitrogens with one attached hydrogen (secondary N) is 1. The molecule has 2 aromatic carbocycles. The first kappa shape index (κ1) is 26.2. The number of carbonyl (C=O) groups is 3. The molecule has 1 N–H and O–H groups in total.